The number of H-pyrrole nitrogens is 1. The first kappa shape index (κ1) is 23.0. The number of aromatic amines is 1. The number of hydrogen-bond acceptors (Lipinski definition) is 4. The van der Waals surface area contributed by atoms with Crippen molar-refractivity contribution in [2.45, 2.75) is 90.4 Å². The van der Waals surface area contributed by atoms with Gasteiger partial charge >= 0.3 is 5.97 Å². The SMILES string of the molecule is Cc1c2c(c(C(C)[C@@H]3C[C@@H](O)CC(=O)O3)c(C(C)C)c1-c1[nH]cc3ccccc13)OC(C)(C)C2. The lowest BCUT2D eigenvalue weighted by Crippen LogP contribution is -2.36. The molecule has 0 amide bonds. The van der Waals surface area contributed by atoms with Gasteiger partial charge in [-0.2, -0.15) is 0 Å². The monoisotopic (exact) mass is 461 g/mol. The maximum absolute atomic E-state index is 12.2. The lowest BCUT2D eigenvalue weighted by Gasteiger charge is -2.34. The van der Waals surface area contributed by atoms with Crippen LogP contribution in [0.15, 0.2) is 30.5 Å². The van der Waals surface area contributed by atoms with Crippen LogP contribution in [0.1, 0.15) is 81.5 Å². The highest BCUT2D eigenvalue weighted by Crippen LogP contribution is 2.52. The zero-order valence-corrected chi connectivity index (χ0v) is 21.0. The van der Waals surface area contributed by atoms with E-state index in [2.05, 4.69) is 77.0 Å². The van der Waals surface area contributed by atoms with Crippen molar-refractivity contribution in [3.63, 3.8) is 0 Å². The van der Waals surface area contributed by atoms with E-state index in [4.69, 9.17) is 9.47 Å². The van der Waals surface area contributed by atoms with E-state index >= 15 is 0 Å². The fourth-order valence-electron chi connectivity index (χ4n) is 5.97. The topological polar surface area (TPSA) is 71.5 Å². The molecule has 3 heterocycles. The smallest absolute Gasteiger partial charge is 0.308 e. The number of hydrogen-bond donors (Lipinski definition) is 2. The van der Waals surface area contributed by atoms with Crippen molar-refractivity contribution in [2.24, 2.45) is 0 Å². The average Bonchev–Trinajstić information content (AvgIpc) is 3.32. The van der Waals surface area contributed by atoms with E-state index in [1.807, 2.05) is 0 Å². The zero-order chi connectivity index (χ0) is 24.4. The molecule has 3 aromatic rings. The molecule has 2 aliphatic heterocycles. The standard InChI is InChI=1S/C29H35NO4/c1-15(2)24-25(27-20-10-8-7-9-18(20)14-30-27)16(3)21-13-29(5,6)34-28(21)26(24)17(4)22-11-19(31)12-23(32)33-22/h7-10,14-15,17,19,22,30-31H,11-13H2,1-6H3/t17?,19-,22+/m1/s1. The lowest BCUT2D eigenvalue weighted by atomic mass is 9.77. The predicted molar refractivity (Wildman–Crippen MR) is 135 cm³/mol. The maximum Gasteiger partial charge on any atom is 0.308 e. The van der Waals surface area contributed by atoms with E-state index in [-0.39, 0.29) is 35.9 Å². The Kier molecular flexibility index (Phi) is 5.51. The molecule has 2 aromatic carbocycles. The van der Waals surface area contributed by atoms with Crippen molar-refractivity contribution in [3.8, 4) is 17.0 Å². The van der Waals surface area contributed by atoms with Crippen LogP contribution in [0.4, 0.5) is 0 Å². The normalized spacial score (nSPS) is 22.5. The van der Waals surface area contributed by atoms with Crippen molar-refractivity contribution in [1.82, 2.24) is 4.98 Å². The average molecular weight is 462 g/mol. The molecule has 2 aliphatic rings. The van der Waals surface area contributed by atoms with Gasteiger partial charge in [-0.3, -0.25) is 4.79 Å². The number of cyclic esters (lactones) is 1. The van der Waals surface area contributed by atoms with Gasteiger partial charge < -0.3 is 19.6 Å². The highest BCUT2D eigenvalue weighted by Gasteiger charge is 2.41. The van der Waals surface area contributed by atoms with Gasteiger partial charge in [0.2, 0.25) is 0 Å². The number of ether oxygens (including phenoxy) is 2. The summed E-state index contributed by atoms with van der Waals surface area (Å²) in [5, 5.41) is 12.7. The lowest BCUT2D eigenvalue weighted by molar-refractivity contribution is -0.161. The van der Waals surface area contributed by atoms with Crippen LogP contribution in [0, 0.1) is 6.92 Å². The summed E-state index contributed by atoms with van der Waals surface area (Å²) < 4.78 is 12.4. The highest BCUT2D eigenvalue weighted by atomic mass is 16.5. The number of aliphatic hydroxyl groups is 1. The summed E-state index contributed by atoms with van der Waals surface area (Å²) in [6.07, 6.45) is 2.35. The van der Waals surface area contributed by atoms with E-state index < -0.39 is 6.10 Å². The summed E-state index contributed by atoms with van der Waals surface area (Å²) in [7, 11) is 0. The van der Waals surface area contributed by atoms with Crippen LogP contribution in [0.25, 0.3) is 22.0 Å². The number of nitrogens with one attached hydrogen (secondary N) is 1. The summed E-state index contributed by atoms with van der Waals surface area (Å²) in [6.45, 7) is 13.0. The Bertz CT molecular complexity index is 1270. The Morgan fingerprint density at radius 2 is 1.88 bits per heavy atom. The first-order chi connectivity index (χ1) is 16.1. The maximum atomic E-state index is 12.2. The van der Waals surface area contributed by atoms with E-state index in [0.717, 1.165) is 23.4 Å². The third-order valence-corrected chi connectivity index (χ3v) is 7.52. The van der Waals surface area contributed by atoms with E-state index in [9.17, 15) is 9.90 Å². The van der Waals surface area contributed by atoms with Gasteiger partial charge in [-0.25, -0.2) is 0 Å². The minimum Gasteiger partial charge on any atom is -0.487 e. The summed E-state index contributed by atoms with van der Waals surface area (Å²) in [4.78, 5) is 15.8. The molecule has 1 fully saturated rings. The Labute approximate surface area is 201 Å². The number of rotatable bonds is 4. The second-order valence-electron chi connectivity index (χ2n) is 11.0. The molecule has 1 unspecified atom stereocenters. The van der Waals surface area contributed by atoms with Gasteiger partial charge in [-0.1, -0.05) is 45.0 Å². The summed E-state index contributed by atoms with van der Waals surface area (Å²) in [5.41, 5.74) is 6.85. The molecule has 0 aliphatic carbocycles. The van der Waals surface area contributed by atoms with Crippen LogP contribution in [0.5, 0.6) is 5.75 Å². The van der Waals surface area contributed by atoms with Gasteiger partial charge in [0.15, 0.2) is 0 Å². The number of carbonyl (C=O) groups is 1. The van der Waals surface area contributed by atoms with Crippen LogP contribution < -0.4 is 4.74 Å². The number of aliphatic hydroxyl groups excluding tert-OH is 1. The van der Waals surface area contributed by atoms with E-state index in [0.29, 0.717) is 6.42 Å². The van der Waals surface area contributed by atoms with E-state index in [1.165, 1.54) is 33.0 Å². The van der Waals surface area contributed by atoms with Crippen molar-refractivity contribution >= 4 is 16.7 Å². The first-order valence-corrected chi connectivity index (χ1v) is 12.4. The fourth-order valence-corrected chi connectivity index (χ4v) is 5.97. The largest absolute Gasteiger partial charge is 0.487 e. The minimum absolute atomic E-state index is 0.0650. The second kappa shape index (κ2) is 8.16. The van der Waals surface area contributed by atoms with Crippen LogP contribution in [0.2, 0.25) is 0 Å². The summed E-state index contributed by atoms with van der Waals surface area (Å²) in [6, 6.07) is 8.44. The molecule has 5 heteroatoms. The molecule has 1 aromatic heterocycles. The molecule has 1 saturated heterocycles. The molecule has 0 saturated carbocycles. The number of fused-ring (bicyclic) bond motifs is 2. The molecular weight excluding hydrogens is 426 g/mol. The quantitative estimate of drug-likeness (QED) is 0.457. The number of esters is 1. The molecule has 3 atom stereocenters. The Morgan fingerprint density at radius 1 is 1.15 bits per heavy atom. The predicted octanol–water partition coefficient (Wildman–Crippen LogP) is 6.15. The number of aromatic nitrogens is 1. The molecule has 2 N–H and O–H groups in total. The van der Waals surface area contributed by atoms with Gasteiger partial charge in [0.25, 0.3) is 0 Å². The summed E-state index contributed by atoms with van der Waals surface area (Å²) in [5.74, 6) is 0.714. The molecule has 34 heavy (non-hydrogen) atoms. The van der Waals surface area contributed by atoms with E-state index in [1.54, 1.807) is 0 Å². The summed E-state index contributed by atoms with van der Waals surface area (Å²) >= 11 is 0. The van der Waals surface area contributed by atoms with Crippen molar-refractivity contribution in [3.05, 3.63) is 52.7 Å². The molecule has 180 valence electrons. The van der Waals surface area contributed by atoms with Crippen LogP contribution in [0.3, 0.4) is 0 Å². The van der Waals surface area contributed by atoms with Gasteiger partial charge in [0.1, 0.15) is 17.5 Å². The van der Waals surface area contributed by atoms with Crippen LogP contribution in [-0.2, 0) is 16.0 Å². The molecule has 5 nitrogen and oxygen atoms in total. The third-order valence-electron chi connectivity index (χ3n) is 7.52. The molecule has 0 radical (unpaired) electrons. The van der Waals surface area contributed by atoms with Crippen LogP contribution >= 0.6 is 0 Å². The molecule has 0 spiro atoms. The highest BCUT2D eigenvalue weighted by molar-refractivity contribution is 5.98. The fraction of sp³-hybridized carbons (Fsp3) is 0.483. The Balaban J connectivity index is 1.80. The number of benzene rings is 2. The van der Waals surface area contributed by atoms with Crippen molar-refractivity contribution in [2.75, 3.05) is 0 Å². The molecule has 5 rings (SSSR count). The Morgan fingerprint density at radius 3 is 2.59 bits per heavy atom. The molecule has 0 bridgehead atoms. The third kappa shape index (κ3) is 3.70. The first-order valence-electron chi connectivity index (χ1n) is 12.4. The van der Waals surface area contributed by atoms with Gasteiger partial charge in [-0.15, -0.1) is 0 Å². The minimum atomic E-state index is -0.668. The number of carbonyl (C=O) groups excluding carboxylic acids is 1. The Hall–Kier alpha value is -2.79. The second-order valence-corrected chi connectivity index (χ2v) is 11.0. The van der Waals surface area contributed by atoms with Crippen molar-refractivity contribution < 1.29 is 19.4 Å². The molecular formula is C29H35NO4. The van der Waals surface area contributed by atoms with Gasteiger partial charge in [0, 0.05) is 47.0 Å². The van der Waals surface area contributed by atoms with Gasteiger partial charge in [0.05, 0.1) is 18.2 Å². The van der Waals surface area contributed by atoms with Crippen molar-refractivity contribution in [1.29, 1.82) is 0 Å². The van der Waals surface area contributed by atoms with Gasteiger partial charge in [-0.05, 0) is 43.2 Å². The zero-order valence-electron chi connectivity index (χ0n) is 21.0. The van der Waals surface area contributed by atoms with Crippen LogP contribution in [-0.4, -0.2) is 33.9 Å².